The van der Waals surface area contributed by atoms with E-state index in [0.717, 1.165) is 62.2 Å². The number of fused-ring (bicyclic) bond motifs is 4. The van der Waals surface area contributed by atoms with Gasteiger partial charge < -0.3 is 4.90 Å². The number of aryl methyl sites for hydroxylation is 2. The number of benzene rings is 3. The lowest BCUT2D eigenvalue weighted by Gasteiger charge is -2.40. The second-order valence-electron chi connectivity index (χ2n) is 13.9. The first-order chi connectivity index (χ1) is 23.9. The van der Waals surface area contributed by atoms with E-state index in [0.29, 0.717) is 34.4 Å². The Morgan fingerprint density at radius 3 is 2.04 bits per heavy atom. The fraction of sp³-hybridized carbons (Fsp3) is 0.300. The molecule has 0 amide bonds. The second kappa shape index (κ2) is 12.1. The van der Waals surface area contributed by atoms with Crippen molar-refractivity contribution in [3.05, 3.63) is 90.1 Å². The van der Waals surface area contributed by atoms with E-state index in [1.807, 2.05) is 6.20 Å². The maximum absolute atomic E-state index is 13.4. The number of rotatable bonds is 5. The van der Waals surface area contributed by atoms with Crippen molar-refractivity contribution in [2.75, 3.05) is 4.90 Å². The number of Topliss-reactive ketones (excluding diaryl/α,β-unsaturated/α-hetero) is 2. The highest BCUT2D eigenvalue weighted by Gasteiger charge is 2.52. The van der Waals surface area contributed by atoms with E-state index in [1.165, 1.54) is 36.8 Å². The lowest BCUT2D eigenvalue weighted by Crippen LogP contribution is -2.35. The Bertz CT molecular complexity index is 2240. The van der Waals surface area contributed by atoms with E-state index >= 15 is 0 Å². The molecule has 9 rings (SSSR count). The molecule has 3 aliphatic carbocycles. The smallest absolute Gasteiger partial charge is 0.243 e. The van der Waals surface area contributed by atoms with Gasteiger partial charge in [0.05, 0.1) is 17.4 Å². The molecule has 0 aliphatic heterocycles. The molecule has 0 saturated heterocycles. The number of hydrogen-bond donors (Lipinski definition) is 0. The Morgan fingerprint density at radius 1 is 0.755 bits per heavy atom. The van der Waals surface area contributed by atoms with Crippen LogP contribution in [-0.2, 0) is 9.59 Å². The van der Waals surface area contributed by atoms with Gasteiger partial charge in [-0.1, -0.05) is 85.3 Å². The summed E-state index contributed by atoms with van der Waals surface area (Å²) in [4.78, 5) is 39.7. The largest absolute Gasteiger partial charge is 0.301 e. The minimum atomic E-state index is -0.433. The zero-order valence-corrected chi connectivity index (χ0v) is 29.1. The van der Waals surface area contributed by atoms with Gasteiger partial charge in [-0.2, -0.15) is 8.75 Å². The molecule has 3 heterocycles. The van der Waals surface area contributed by atoms with Crippen LogP contribution >= 0.6 is 23.1 Å². The van der Waals surface area contributed by atoms with Crippen LogP contribution in [0.2, 0.25) is 0 Å². The van der Waals surface area contributed by atoms with E-state index < -0.39 is 5.78 Å². The van der Waals surface area contributed by atoms with Gasteiger partial charge >= 0.3 is 0 Å². The van der Waals surface area contributed by atoms with Gasteiger partial charge in [-0.25, -0.2) is 9.98 Å². The number of aliphatic imine (C=N–C) groups is 1. The van der Waals surface area contributed by atoms with Crippen LogP contribution in [0.15, 0.2) is 84.0 Å². The molecule has 6 aromatic rings. The molecule has 3 aromatic heterocycles. The van der Waals surface area contributed by atoms with Crippen molar-refractivity contribution >= 4 is 84.3 Å². The monoisotopic (exact) mass is 681 g/mol. The number of anilines is 3. The first-order valence-electron chi connectivity index (χ1n) is 17.2. The third kappa shape index (κ3) is 5.13. The summed E-state index contributed by atoms with van der Waals surface area (Å²) in [5, 5.41) is 3.33. The highest BCUT2D eigenvalue weighted by Crippen LogP contribution is 2.51. The summed E-state index contributed by atoms with van der Waals surface area (Å²) in [5.41, 5.74) is 7.10. The molecule has 3 aliphatic rings. The summed E-state index contributed by atoms with van der Waals surface area (Å²) < 4.78 is 9.41. The molecule has 0 radical (unpaired) electrons. The van der Waals surface area contributed by atoms with Gasteiger partial charge in [0.15, 0.2) is 5.82 Å². The van der Waals surface area contributed by atoms with Gasteiger partial charge in [0, 0.05) is 50.6 Å². The molecule has 0 bridgehead atoms. The quantitative estimate of drug-likeness (QED) is 0.168. The number of hydrogen-bond acceptors (Lipinski definition) is 9. The molecular formula is C40H35N5O2S2. The molecule has 3 saturated carbocycles. The topological polar surface area (TPSA) is 88.4 Å². The van der Waals surface area contributed by atoms with Crippen LogP contribution in [0.5, 0.6) is 0 Å². The Kier molecular flexibility index (Phi) is 7.50. The molecule has 4 unspecified atom stereocenters. The average Bonchev–Trinajstić information content (AvgIpc) is 3.83. The van der Waals surface area contributed by atoms with Crippen molar-refractivity contribution in [1.29, 1.82) is 0 Å². The summed E-state index contributed by atoms with van der Waals surface area (Å²) in [6.07, 6.45) is 8.31. The zero-order chi connectivity index (χ0) is 33.2. The number of nitrogens with zero attached hydrogens (tertiary/aromatic N) is 5. The van der Waals surface area contributed by atoms with Gasteiger partial charge in [-0.3, -0.25) is 9.59 Å². The lowest BCUT2D eigenvalue weighted by molar-refractivity contribution is -0.135. The van der Waals surface area contributed by atoms with Gasteiger partial charge in [-0.05, 0) is 62.8 Å². The van der Waals surface area contributed by atoms with Crippen molar-refractivity contribution in [1.82, 2.24) is 13.7 Å². The molecule has 244 valence electrons. The summed E-state index contributed by atoms with van der Waals surface area (Å²) in [6, 6.07) is 25.7. The molecule has 7 nitrogen and oxygen atoms in total. The Labute approximate surface area is 293 Å². The van der Waals surface area contributed by atoms with Crippen molar-refractivity contribution in [2.24, 2.45) is 28.7 Å². The van der Waals surface area contributed by atoms with Crippen LogP contribution in [0.3, 0.4) is 0 Å². The lowest BCUT2D eigenvalue weighted by atomic mass is 9.64. The Morgan fingerprint density at radius 2 is 1.37 bits per heavy atom. The van der Waals surface area contributed by atoms with Crippen molar-refractivity contribution < 1.29 is 9.59 Å². The molecule has 0 N–H and O–H groups in total. The van der Waals surface area contributed by atoms with Gasteiger partial charge in [0.25, 0.3) is 0 Å². The van der Waals surface area contributed by atoms with E-state index in [2.05, 4.69) is 95.9 Å². The number of ketones is 2. The molecule has 9 heteroatoms. The minimum Gasteiger partial charge on any atom is -0.301 e. The van der Waals surface area contributed by atoms with Gasteiger partial charge in [0.2, 0.25) is 11.6 Å². The molecular weight excluding hydrogens is 647 g/mol. The Balaban J connectivity index is 1.16. The van der Waals surface area contributed by atoms with E-state index in [1.54, 1.807) is 11.3 Å². The fourth-order valence-electron chi connectivity index (χ4n) is 8.41. The number of carbonyl (C=O) groups excluding carboxylic acids is 2. The molecule has 49 heavy (non-hydrogen) atoms. The number of thiophene rings is 1. The molecule has 4 atom stereocenters. The van der Waals surface area contributed by atoms with Gasteiger partial charge in [-0.15, -0.1) is 11.3 Å². The summed E-state index contributed by atoms with van der Waals surface area (Å²) >= 11 is 2.82. The number of pyridine rings is 1. The highest BCUT2D eigenvalue weighted by molar-refractivity contribution is 7.21. The third-order valence-corrected chi connectivity index (χ3v) is 12.7. The van der Waals surface area contributed by atoms with Crippen LogP contribution in [0.1, 0.15) is 49.7 Å². The molecule has 3 aromatic carbocycles. The second-order valence-corrected chi connectivity index (χ2v) is 15.5. The van der Waals surface area contributed by atoms with Gasteiger partial charge in [0.1, 0.15) is 16.0 Å². The first kappa shape index (κ1) is 30.5. The van der Waals surface area contributed by atoms with E-state index in [9.17, 15) is 9.59 Å². The Hall–Kier alpha value is -4.60. The fourth-order valence-corrected chi connectivity index (χ4v) is 10.3. The van der Waals surface area contributed by atoms with Crippen LogP contribution in [0, 0.1) is 37.5 Å². The van der Waals surface area contributed by atoms with Crippen LogP contribution in [-0.4, -0.2) is 31.0 Å². The number of aromatic nitrogens is 3. The minimum absolute atomic E-state index is 0.124. The average molecular weight is 682 g/mol. The summed E-state index contributed by atoms with van der Waals surface area (Å²) in [5.74, 6) is 0.429. The van der Waals surface area contributed by atoms with Crippen LogP contribution in [0.4, 0.5) is 22.2 Å². The summed E-state index contributed by atoms with van der Waals surface area (Å²) in [7, 11) is 0. The number of carbonyl (C=O) groups is 2. The highest BCUT2D eigenvalue weighted by atomic mass is 32.1. The van der Waals surface area contributed by atoms with Crippen molar-refractivity contribution in [2.45, 2.75) is 52.4 Å². The molecule has 3 fully saturated rings. The maximum atomic E-state index is 13.4. The predicted molar refractivity (Wildman–Crippen MR) is 199 cm³/mol. The summed E-state index contributed by atoms with van der Waals surface area (Å²) in [6.45, 7) is 4.21. The predicted octanol–water partition coefficient (Wildman–Crippen LogP) is 10.1. The van der Waals surface area contributed by atoms with Crippen LogP contribution in [0.25, 0.3) is 32.2 Å². The third-order valence-electron chi connectivity index (χ3n) is 10.9. The molecule has 0 spiro atoms. The van der Waals surface area contributed by atoms with Crippen molar-refractivity contribution in [3.8, 4) is 10.4 Å². The zero-order valence-electron chi connectivity index (χ0n) is 27.4. The van der Waals surface area contributed by atoms with E-state index in [4.69, 9.17) is 14.3 Å². The van der Waals surface area contributed by atoms with Crippen LogP contribution < -0.4 is 4.90 Å². The first-order valence-corrected chi connectivity index (χ1v) is 18.7. The van der Waals surface area contributed by atoms with E-state index in [-0.39, 0.29) is 17.6 Å². The van der Waals surface area contributed by atoms with Crippen molar-refractivity contribution in [3.63, 3.8) is 0 Å². The normalized spacial score (nSPS) is 22.9. The maximum Gasteiger partial charge on any atom is 0.243 e. The standard InChI is InChI=1S/C40H35N5O2S2/c1-22-11-15-26(16-12-22)45(27-17-13-23(2)14-18-27)40-29-10-6-5-9-28(29)38(48-40)32-21-41-39(35-33(32)43-49-44-35)42-34-30-19-24-7-3-4-8-25(24)20-31(30)36(46)37(34)47/h5-6,9-18,21,24-25,30-31H,3-4,7-8,19-20H2,1-2H3. The SMILES string of the molecule is Cc1ccc(N(c2ccc(C)cc2)c2sc(-c3cnc(N=C4C(=O)C(=O)C5CC6CCCCC6CC45)c4nsnc34)c3ccccc23)cc1.